The van der Waals surface area contributed by atoms with Gasteiger partial charge >= 0.3 is 0 Å². The van der Waals surface area contributed by atoms with E-state index in [1.54, 1.807) is 25.3 Å². The van der Waals surface area contributed by atoms with E-state index in [1.807, 2.05) is 25.1 Å². The quantitative estimate of drug-likeness (QED) is 0.758. The highest BCUT2D eigenvalue weighted by Gasteiger charge is 2.23. The Morgan fingerprint density at radius 2 is 1.89 bits per heavy atom. The molecule has 3 rings (SSSR count). The van der Waals surface area contributed by atoms with Crippen LogP contribution in [0.15, 0.2) is 48.5 Å². The number of rotatable bonds is 8. The molecule has 150 valence electrons. The minimum atomic E-state index is -0.129. The predicted molar refractivity (Wildman–Crippen MR) is 108 cm³/mol. The lowest BCUT2D eigenvalue weighted by atomic mass is 10.0. The van der Waals surface area contributed by atoms with E-state index in [0.29, 0.717) is 43.4 Å². The Labute approximate surface area is 166 Å². The normalized spacial score (nSPS) is 15.6. The molecule has 1 amide bonds. The number of benzene rings is 2. The van der Waals surface area contributed by atoms with E-state index in [4.69, 9.17) is 14.2 Å². The van der Waals surface area contributed by atoms with Crippen molar-refractivity contribution in [3.8, 4) is 11.5 Å². The molecule has 0 bridgehead atoms. The summed E-state index contributed by atoms with van der Waals surface area (Å²) in [6.07, 6.45) is 0. The smallest absolute Gasteiger partial charge is 0.251 e. The van der Waals surface area contributed by atoms with Crippen LogP contribution in [0.5, 0.6) is 11.5 Å². The number of carbonyl (C=O) groups is 1. The lowest BCUT2D eigenvalue weighted by Crippen LogP contribution is -2.43. The van der Waals surface area contributed by atoms with Crippen LogP contribution in [0.4, 0.5) is 0 Å². The van der Waals surface area contributed by atoms with E-state index in [9.17, 15) is 4.79 Å². The molecule has 0 saturated carbocycles. The van der Waals surface area contributed by atoms with E-state index in [2.05, 4.69) is 22.3 Å². The van der Waals surface area contributed by atoms with Crippen LogP contribution in [0.3, 0.4) is 0 Å². The van der Waals surface area contributed by atoms with Gasteiger partial charge in [-0.15, -0.1) is 0 Å². The second kappa shape index (κ2) is 10.1. The highest BCUT2D eigenvalue weighted by atomic mass is 16.5. The van der Waals surface area contributed by atoms with Crippen LogP contribution < -0.4 is 14.8 Å². The molecule has 1 atom stereocenters. The molecule has 1 N–H and O–H groups in total. The van der Waals surface area contributed by atoms with Gasteiger partial charge in [-0.2, -0.15) is 0 Å². The fraction of sp³-hybridized carbons (Fsp3) is 0.409. The van der Waals surface area contributed by atoms with Gasteiger partial charge in [-0.3, -0.25) is 9.69 Å². The van der Waals surface area contributed by atoms with Crippen LogP contribution in [0.2, 0.25) is 0 Å². The van der Waals surface area contributed by atoms with Crippen molar-refractivity contribution in [2.24, 2.45) is 0 Å². The Hall–Kier alpha value is -2.57. The first-order valence-electron chi connectivity index (χ1n) is 9.68. The maximum Gasteiger partial charge on any atom is 0.251 e. The van der Waals surface area contributed by atoms with Crippen molar-refractivity contribution in [2.45, 2.75) is 13.0 Å². The third kappa shape index (κ3) is 5.03. The zero-order valence-electron chi connectivity index (χ0n) is 16.5. The number of hydrogen-bond acceptors (Lipinski definition) is 5. The molecule has 1 heterocycles. The predicted octanol–water partition coefficient (Wildman–Crippen LogP) is 2.90. The molecule has 6 heteroatoms. The van der Waals surface area contributed by atoms with Gasteiger partial charge in [-0.1, -0.05) is 30.3 Å². The van der Waals surface area contributed by atoms with Crippen molar-refractivity contribution < 1.29 is 19.0 Å². The number of amides is 1. The lowest BCUT2D eigenvalue weighted by Gasteiger charge is -2.35. The second-order valence-electron chi connectivity index (χ2n) is 6.58. The Morgan fingerprint density at radius 1 is 1.14 bits per heavy atom. The first-order valence-corrected chi connectivity index (χ1v) is 9.68. The van der Waals surface area contributed by atoms with Crippen LogP contribution in [-0.2, 0) is 4.74 Å². The van der Waals surface area contributed by atoms with Gasteiger partial charge in [0.2, 0.25) is 0 Å². The van der Waals surface area contributed by atoms with Gasteiger partial charge in [-0.05, 0) is 30.7 Å². The van der Waals surface area contributed by atoms with Gasteiger partial charge in [0, 0.05) is 25.2 Å². The topological polar surface area (TPSA) is 60.0 Å². The zero-order chi connectivity index (χ0) is 19.8. The van der Waals surface area contributed by atoms with Crippen LogP contribution in [-0.4, -0.2) is 57.4 Å². The van der Waals surface area contributed by atoms with Crippen molar-refractivity contribution in [3.63, 3.8) is 0 Å². The minimum Gasteiger partial charge on any atom is -0.493 e. The number of methoxy groups -OCH3 is 1. The Bertz CT molecular complexity index is 760. The van der Waals surface area contributed by atoms with Crippen molar-refractivity contribution in [1.82, 2.24) is 10.2 Å². The largest absolute Gasteiger partial charge is 0.493 e. The van der Waals surface area contributed by atoms with Crippen LogP contribution >= 0.6 is 0 Å². The first-order chi connectivity index (χ1) is 13.7. The second-order valence-corrected chi connectivity index (χ2v) is 6.58. The minimum absolute atomic E-state index is 0.110. The summed E-state index contributed by atoms with van der Waals surface area (Å²) < 4.78 is 16.4. The van der Waals surface area contributed by atoms with E-state index < -0.39 is 0 Å². The molecule has 0 radical (unpaired) electrons. The third-order valence-corrected chi connectivity index (χ3v) is 4.85. The van der Waals surface area contributed by atoms with Crippen LogP contribution in [0.1, 0.15) is 28.9 Å². The summed E-state index contributed by atoms with van der Waals surface area (Å²) in [5.74, 6) is 1.06. The molecule has 0 aromatic heterocycles. The summed E-state index contributed by atoms with van der Waals surface area (Å²) in [7, 11) is 1.57. The highest BCUT2D eigenvalue weighted by Crippen LogP contribution is 2.28. The molecule has 6 nitrogen and oxygen atoms in total. The summed E-state index contributed by atoms with van der Waals surface area (Å²) >= 11 is 0. The van der Waals surface area contributed by atoms with Crippen LogP contribution in [0, 0.1) is 0 Å². The molecule has 1 fully saturated rings. The third-order valence-electron chi connectivity index (χ3n) is 4.85. The Kier molecular flexibility index (Phi) is 7.28. The van der Waals surface area contributed by atoms with Gasteiger partial charge < -0.3 is 19.5 Å². The summed E-state index contributed by atoms with van der Waals surface area (Å²) in [5.41, 5.74) is 1.74. The highest BCUT2D eigenvalue weighted by molar-refractivity contribution is 5.94. The van der Waals surface area contributed by atoms with Gasteiger partial charge in [0.15, 0.2) is 11.5 Å². The van der Waals surface area contributed by atoms with E-state index >= 15 is 0 Å². The molecule has 1 saturated heterocycles. The number of nitrogens with zero attached hydrogens (tertiary/aromatic N) is 1. The van der Waals surface area contributed by atoms with E-state index in [1.165, 1.54) is 5.56 Å². The number of nitrogens with one attached hydrogen (secondary N) is 1. The number of hydrogen-bond donors (Lipinski definition) is 1. The maximum absolute atomic E-state index is 12.7. The van der Waals surface area contributed by atoms with E-state index in [0.717, 1.165) is 13.1 Å². The Morgan fingerprint density at radius 3 is 2.57 bits per heavy atom. The summed E-state index contributed by atoms with van der Waals surface area (Å²) in [6.45, 7) is 6.12. The molecule has 1 aliphatic heterocycles. The maximum atomic E-state index is 12.7. The van der Waals surface area contributed by atoms with Crippen molar-refractivity contribution in [2.75, 3.05) is 46.6 Å². The summed E-state index contributed by atoms with van der Waals surface area (Å²) in [6, 6.07) is 15.6. The molecule has 28 heavy (non-hydrogen) atoms. The molecule has 1 aliphatic rings. The molecular weight excluding hydrogens is 356 g/mol. The number of ether oxygens (including phenoxy) is 3. The van der Waals surface area contributed by atoms with Crippen molar-refractivity contribution in [3.05, 3.63) is 59.7 Å². The number of morpholine rings is 1. The molecule has 2 aromatic carbocycles. The molecular formula is C22H28N2O4. The summed E-state index contributed by atoms with van der Waals surface area (Å²) in [4.78, 5) is 15.1. The molecule has 2 aromatic rings. The van der Waals surface area contributed by atoms with Gasteiger partial charge in [0.05, 0.1) is 33.0 Å². The standard InChI is InChI=1S/C22H28N2O4/c1-3-28-20-10-9-18(15-21(20)26-2)22(25)23-16-19(17-7-5-4-6-8-17)24-11-13-27-14-12-24/h4-10,15,19H,3,11-14,16H2,1-2H3,(H,23,25). The molecule has 0 spiro atoms. The van der Waals surface area contributed by atoms with Gasteiger partial charge in [-0.25, -0.2) is 0 Å². The fourth-order valence-electron chi connectivity index (χ4n) is 3.40. The van der Waals surface area contributed by atoms with Gasteiger partial charge in [0.25, 0.3) is 5.91 Å². The fourth-order valence-corrected chi connectivity index (χ4v) is 3.40. The summed E-state index contributed by atoms with van der Waals surface area (Å²) in [5, 5.41) is 3.08. The van der Waals surface area contributed by atoms with Gasteiger partial charge in [0.1, 0.15) is 0 Å². The van der Waals surface area contributed by atoms with Crippen LogP contribution in [0.25, 0.3) is 0 Å². The first kappa shape index (κ1) is 20.2. The molecule has 1 unspecified atom stereocenters. The van der Waals surface area contributed by atoms with E-state index in [-0.39, 0.29) is 11.9 Å². The average molecular weight is 384 g/mol. The van der Waals surface area contributed by atoms with Crippen molar-refractivity contribution >= 4 is 5.91 Å². The Balaban J connectivity index is 1.71. The average Bonchev–Trinajstić information content (AvgIpc) is 2.75. The monoisotopic (exact) mass is 384 g/mol. The SMILES string of the molecule is CCOc1ccc(C(=O)NCC(c2ccccc2)N2CCOCC2)cc1OC. The number of carbonyl (C=O) groups excluding carboxylic acids is 1. The molecule has 0 aliphatic carbocycles. The lowest BCUT2D eigenvalue weighted by molar-refractivity contribution is 0.0162. The van der Waals surface area contributed by atoms with Crippen molar-refractivity contribution in [1.29, 1.82) is 0 Å². The zero-order valence-corrected chi connectivity index (χ0v) is 16.5.